The summed E-state index contributed by atoms with van der Waals surface area (Å²) < 4.78 is 5.08. The van der Waals surface area contributed by atoms with E-state index < -0.39 is 0 Å². The van der Waals surface area contributed by atoms with Crippen LogP contribution in [0.3, 0.4) is 0 Å². The zero-order valence-electron chi connectivity index (χ0n) is 13.0. The fourth-order valence-electron chi connectivity index (χ4n) is 1.91. The van der Waals surface area contributed by atoms with Crippen molar-refractivity contribution in [1.82, 2.24) is 9.80 Å². The third-order valence-corrected chi connectivity index (χ3v) is 3.33. The van der Waals surface area contributed by atoms with Crippen molar-refractivity contribution in [3.05, 3.63) is 0 Å². The number of nitrogens with zero attached hydrogens (tertiary/aromatic N) is 2. The average molecular weight is 273 g/mol. The van der Waals surface area contributed by atoms with Crippen LogP contribution in [0.15, 0.2) is 0 Å². The van der Waals surface area contributed by atoms with Crippen molar-refractivity contribution in [2.75, 3.05) is 54.0 Å². The Kier molecular flexibility index (Phi) is 10.8. The van der Waals surface area contributed by atoms with Crippen LogP contribution in [0.4, 0.5) is 0 Å². The Morgan fingerprint density at radius 1 is 1.26 bits per heavy atom. The van der Waals surface area contributed by atoms with Crippen molar-refractivity contribution in [2.45, 2.75) is 26.2 Å². The standard InChI is InChI=1S/C14H31N3O2/c1-5-13(12-15)11-14(18)17(9-10-19-4)8-6-7-16(2)3/h13H,5-12,15H2,1-4H3. The second-order valence-electron chi connectivity index (χ2n) is 5.24. The van der Waals surface area contributed by atoms with Crippen molar-refractivity contribution in [3.63, 3.8) is 0 Å². The molecule has 2 N–H and O–H groups in total. The van der Waals surface area contributed by atoms with Gasteiger partial charge in [-0.25, -0.2) is 0 Å². The normalized spacial score (nSPS) is 12.7. The van der Waals surface area contributed by atoms with Crippen molar-refractivity contribution < 1.29 is 9.53 Å². The molecule has 0 aliphatic rings. The number of nitrogens with two attached hydrogens (primary N) is 1. The SMILES string of the molecule is CCC(CN)CC(=O)N(CCCN(C)C)CCOC. The Hall–Kier alpha value is -0.650. The van der Waals surface area contributed by atoms with Crippen LogP contribution < -0.4 is 5.73 Å². The van der Waals surface area contributed by atoms with Gasteiger partial charge in [0.2, 0.25) is 5.91 Å². The molecule has 0 heterocycles. The molecule has 0 fully saturated rings. The zero-order valence-corrected chi connectivity index (χ0v) is 13.0. The highest BCUT2D eigenvalue weighted by molar-refractivity contribution is 5.76. The quantitative estimate of drug-likeness (QED) is 0.604. The van der Waals surface area contributed by atoms with Crippen LogP contribution in [0.25, 0.3) is 0 Å². The van der Waals surface area contributed by atoms with Crippen molar-refractivity contribution in [3.8, 4) is 0 Å². The topological polar surface area (TPSA) is 58.8 Å². The van der Waals surface area contributed by atoms with Gasteiger partial charge in [0, 0.05) is 26.6 Å². The molecule has 0 rings (SSSR count). The summed E-state index contributed by atoms with van der Waals surface area (Å²) in [5.41, 5.74) is 5.67. The maximum atomic E-state index is 12.3. The molecule has 0 aromatic carbocycles. The average Bonchev–Trinajstić information content (AvgIpc) is 2.39. The molecule has 1 unspecified atom stereocenters. The second-order valence-corrected chi connectivity index (χ2v) is 5.24. The molecule has 5 heteroatoms. The molecule has 0 radical (unpaired) electrons. The minimum Gasteiger partial charge on any atom is -0.383 e. The molecule has 0 aromatic heterocycles. The Morgan fingerprint density at radius 2 is 1.95 bits per heavy atom. The molecular formula is C14H31N3O2. The van der Waals surface area contributed by atoms with Gasteiger partial charge in [-0.2, -0.15) is 0 Å². The summed E-state index contributed by atoms with van der Waals surface area (Å²) in [4.78, 5) is 16.3. The fraction of sp³-hybridized carbons (Fsp3) is 0.929. The largest absolute Gasteiger partial charge is 0.383 e. The van der Waals surface area contributed by atoms with E-state index in [0.717, 1.165) is 25.9 Å². The maximum absolute atomic E-state index is 12.3. The van der Waals surface area contributed by atoms with Gasteiger partial charge in [-0.1, -0.05) is 13.3 Å². The van der Waals surface area contributed by atoms with E-state index in [9.17, 15) is 4.79 Å². The van der Waals surface area contributed by atoms with Crippen LogP contribution in [0.5, 0.6) is 0 Å². The van der Waals surface area contributed by atoms with E-state index in [1.54, 1.807) is 7.11 Å². The van der Waals surface area contributed by atoms with E-state index >= 15 is 0 Å². The number of amides is 1. The molecule has 0 aromatic rings. The number of hydrogen-bond acceptors (Lipinski definition) is 4. The Labute approximate surface area is 118 Å². The molecule has 0 saturated heterocycles. The lowest BCUT2D eigenvalue weighted by Gasteiger charge is -2.25. The summed E-state index contributed by atoms with van der Waals surface area (Å²) in [7, 11) is 5.75. The molecule has 19 heavy (non-hydrogen) atoms. The van der Waals surface area contributed by atoms with Crippen LogP contribution in [-0.4, -0.2) is 69.7 Å². The monoisotopic (exact) mass is 273 g/mol. The molecule has 0 aliphatic heterocycles. The number of carbonyl (C=O) groups excluding carboxylic acids is 1. The number of ether oxygens (including phenoxy) is 1. The van der Waals surface area contributed by atoms with Crippen molar-refractivity contribution in [2.24, 2.45) is 11.7 Å². The highest BCUT2D eigenvalue weighted by Gasteiger charge is 2.17. The first kappa shape index (κ1) is 18.4. The van der Waals surface area contributed by atoms with Gasteiger partial charge in [0.1, 0.15) is 0 Å². The lowest BCUT2D eigenvalue weighted by molar-refractivity contribution is -0.133. The van der Waals surface area contributed by atoms with Crippen LogP contribution in [0.2, 0.25) is 0 Å². The molecule has 0 spiro atoms. The van der Waals surface area contributed by atoms with Gasteiger partial charge in [-0.3, -0.25) is 4.79 Å². The lowest BCUT2D eigenvalue weighted by Crippen LogP contribution is -2.37. The summed E-state index contributed by atoms with van der Waals surface area (Å²) in [5, 5.41) is 0. The highest BCUT2D eigenvalue weighted by Crippen LogP contribution is 2.09. The van der Waals surface area contributed by atoms with Gasteiger partial charge < -0.3 is 20.3 Å². The van der Waals surface area contributed by atoms with E-state index in [2.05, 4.69) is 11.8 Å². The van der Waals surface area contributed by atoms with Gasteiger partial charge in [0.15, 0.2) is 0 Å². The summed E-state index contributed by atoms with van der Waals surface area (Å²) in [5.74, 6) is 0.500. The maximum Gasteiger partial charge on any atom is 0.222 e. The van der Waals surface area contributed by atoms with E-state index in [4.69, 9.17) is 10.5 Å². The van der Waals surface area contributed by atoms with Gasteiger partial charge in [-0.15, -0.1) is 0 Å². The molecule has 1 atom stereocenters. The third kappa shape index (κ3) is 8.97. The first-order chi connectivity index (χ1) is 9.04. The summed E-state index contributed by atoms with van der Waals surface area (Å²) in [6.45, 7) is 5.71. The molecule has 0 aliphatic carbocycles. The first-order valence-corrected chi connectivity index (χ1v) is 7.16. The zero-order chi connectivity index (χ0) is 14.7. The predicted octanol–water partition coefficient (Wildman–Crippen LogP) is 0.788. The van der Waals surface area contributed by atoms with Crippen LogP contribution >= 0.6 is 0 Å². The molecule has 0 bridgehead atoms. The fourth-order valence-corrected chi connectivity index (χ4v) is 1.91. The first-order valence-electron chi connectivity index (χ1n) is 7.16. The molecule has 1 amide bonds. The van der Waals surface area contributed by atoms with Crippen molar-refractivity contribution >= 4 is 5.91 Å². The predicted molar refractivity (Wildman–Crippen MR) is 79.1 cm³/mol. The van der Waals surface area contributed by atoms with E-state index in [1.807, 2.05) is 19.0 Å². The summed E-state index contributed by atoms with van der Waals surface area (Å²) in [6, 6.07) is 0. The second kappa shape index (κ2) is 11.2. The molecule has 5 nitrogen and oxygen atoms in total. The Bertz CT molecular complexity index is 231. The minimum atomic E-state index is 0.202. The van der Waals surface area contributed by atoms with Crippen molar-refractivity contribution in [1.29, 1.82) is 0 Å². The van der Waals surface area contributed by atoms with Gasteiger partial charge >= 0.3 is 0 Å². The number of rotatable bonds is 11. The number of hydrogen-bond donors (Lipinski definition) is 1. The smallest absolute Gasteiger partial charge is 0.222 e. The Balaban J connectivity index is 4.25. The van der Waals surface area contributed by atoms with Gasteiger partial charge in [-0.05, 0) is 39.5 Å². The lowest BCUT2D eigenvalue weighted by atomic mass is 10.0. The van der Waals surface area contributed by atoms with Crippen LogP contribution in [0, 0.1) is 5.92 Å². The number of methoxy groups -OCH3 is 1. The van der Waals surface area contributed by atoms with E-state index in [-0.39, 0.29) is 5.91 Å². The van der Waals surface area contributed by atoms with E-state index in [1.165, 1.54) is 0 Å². The Morgan fingerprint density at radius 3 is 2.42 bits per heavy atom. The van der Waals surface area contributed by atoms with E-state index in [0.29, 0.717) is 32.0 Å². The number of carbonyl (C=O) groups is 1. The minimum absolute atomic E-state index is 0.202. The molecule has 0 saturated carbocycles. The van der Waals surface area contributed by atoms with Crippen LogP contribution in [-0.2, 0) is 9.53 Å². The van der Waals surface area contributed by atoms with Gasteiger partial charge in [0.25, 0.3) is 0 Å². The summed E-state index contributed by atoms with van der Waals surface area (Å²) in [6.07, 6.45) is 2.50. The van der Waals surface area contributed by atoms with Crippen LogP contribution in [0.1, 0.15) is 26.2 Å². The molecular weight excluding hydrogens is 242 g/mol. The molecule has 114 valence electrons. The highest BCUT2D eigenvalue weighted by atomic mass is 16.5. The third-order valence-electron chi connectivity index (χ3n) is 3.33. The summed E-state index contributed by atoms with van der Waals surface area (Å²) >= 11 is 0. The van der Waals surface area contributed by atoms with Gasteiger partial charge in [0.05, 0.1) is 6.61 Å².